The van der Waals surface area contributed by atoms with Gasteiger partial charge in [0.15, 0.2) is 0 Å². The minimum absolute atomic E-state index is 0.0422. The number of hydrogen-bond acceptors (Lipinski definition) is 3. The molecule has 0 aliphatic carbocycles. The molecule has 0 spiro atoms. The van der Waals surface area contributed by atoms with Crippen LogP contribution >= 0.6 is 0 Å². The molecular formula is C14H21NO3S. The smallest absolute Gasteiger partial charge is 0.243 e. The topological polar surface area (TPSA) is 57.6 Å². The van der Waals surface area contributed by atoms with Crippen molar-refractivity contribution in [3.05, 3.63) is 29.3 Å². The number of aliphatic hydroxyl groups is 1. The van der Waals surface area contributed by atoms with E-state index in [4.69, 9.17) is 0 Å². The van der Waals surface area contributed by atoms with E-state index in [0.717, 1.165) is 17.5 Å². The molecule has 0 bridgehead atoms. The second-order valence-electron chi connectivity index (χ2n) is 5.42. The lowest BCUT2D eigenvalue weighted by atomic mass is 10.0. The zero-order valence-electron chi connectivity index (χ0n) is 11.6. The third-order valence-corrected chi connectivity index (χ3v) is 5.84. The molecule has 2 unspecified atom stereocenters. The standard InChI is InChI=1S/C14H21NO3S/c1-10-4-5-14(11(2)8-10)19(17,18)15-7-6-13(9-15)12(3)16/h4-5,8,12-13,16H,6-7,9H2,1-3H3. The summed E-state index contributed by atoms with van der Waals surface area (Å²) in [5.41, 5.74) is 1.83. The molecule has 19 heavy (non-hydrogen) atoms. The van der Waals surface area contributed by atoms with Gasteiger partial charge in [0, 0.05) is 13.1 Å². The van der Waals surface area contributed by atoms with E-state index in [1.54, 1.807) is 13.0 Å². The van der Waals surface area contributed by atoms with Crippen LogP contribution in [0.5, 0.6) is 0 Å². The van der Waals surface area contributed by atoms with Crippen molar-refractivity contribution in [1.29, 1.82) is 0 Å². The average Bonchev–Trinajstić information content (AvgIpc) is 2.78. The number of rotatable bonds is 3. The van der Waals surface area contributed by atoms with Gasteiger partial charge >= 0.3 is 0 Å². The van der Waals surface area contributed by atoms with E-state index in [1.807, 2.05) is 26.0 Å². The van der Waals surface area contributed by atoms with Crippen molar-refractivity contribution in [2.75, 3.05) is 13.1 Å². The van der Waals surface area contributed by atoms with Gasteiger partial charge in [-0.1, -0.05) is 17.7 Å². The molecule has 1 N–H and O–H groups in total. The molecule has 1 fully saturated rings. The van der Waals surface area contributed by atoms with Gasteiger partial charge in [-0.2, -0.15) is 4.31 Å². The summed E-state index contributed by atoms with van der Waals surface area (Å²) in [6.07, 6.45) is 0.265. The Morgan fingerprint density at radius 3 is 2.58 bits per heavy atom. The van der Waals surface area contributed by atoms with Crippen molar-refractivity contribution in [3.63, 3.8) is 0 Å². The van der Waals surface area contributed by atoms with Gasteiger partial charge in [0.25, 0.3) is 0 Å². The molecule has 2 atom stereocenters. The van der Waals surface area contributed by atoms with Gasteiger partial charge in [0.2, 0.25) is 10.0 Å². The summed E-state index contributed by atoms with van der Waals surface area (Å²) in [5, 5.41) is 9.58. The summed E-state index contributed by atoms with van der Waals surface area (Å²) < 4.78 is 26.6. The van der Waals surface area contributed by atoms with Crippen molar-refractivity contribution in [3.8, 4) is 0 Å². The molecule has 1 aromatic carbocycles. The lowest BCUT2D eigenvalue weighted by Gasteiger charge is -2.19. The average molecular weight is 283 g/mol. The number of nitrogens with zero attached hydrogens (tertiary/aromatic N) is 1. The van der Waals surface area contributed by atoms with Crippen LogP contribution in [-0.4, -0.2) is 37.0 Å². The van der Waals surface area contributed by atoms with Crippen molar-refractivity contribution < 1.29 is 13.5 Å². The summed E-state index contributed by atoms with van der Waals surface area (Å²) in [5.74, 6) is 0.0422. The van der Waals surface area contributed by atoms with Gasteiger partial charge in [-0.3, -0.25) is 0 Å². The Kier molecular flexibility index (Phi) is 3.99. The number of aliphatic hydroxyl groups excluding tert-OH is 1. The molecule has 2 rings (SSSR count). The molecule has 1 saturated heterocycles. The minimum Gasteiger partial charge on any atom is -0.393 e. The van der Waals surface area contributed by atoms with E-state index in [2.05, 4.69) is 0 Å². The van der Waals surface area contributed by atoms with Gasteiger partial charge in [-0.25, -0.2) is 8.42 Å². The third kappa shape index (κ3) is 2.83. The van der Waals surface area contributed by atoms with Gasteiger partial charge < -0.3 is 5.11 Å². The second-order valence-corrected chi connectivity index (χ2v) is 7.33. The molecule has 1 aromatic rings. The van der Waals surface area contributed by atoms with Gasteiger partial charge in [-0.05, 0) is 44.7 Å². The summed E-state index contributed by atoms with van der Waals surface area (Å²) in [6, 6.07) is 5.38. The van der Waals surface area contributed by atoms with Crippen molar-refractivity contribution in [1.82, 2.24) is 4.31 Å². The number of hydrogen-bond donors (Lipinski definition) is 1. The van der Waals surface area contributed by atoms with E-state index in [-0.39, 0.29) is 5.92 Å². The highest BCUT2D eigenvalue weighted by Gasteiger charge is 2.34. The highest BCUT2D eigenvalue weighted by Crippen LogP contribution is 2.28. The predicted octanol–water partition coefficient (Wildman–Crippen LogP) is 1.69. The van der Waals surface area contributed by atoms with Crippen LogP contribution in [0.3, 0.4) is 0 Å². The first-order valence-electron chi connectivity index (χ1n) is 6.58. The first kappa shape index (κ1) is 14.5. The van der Waals surface area contributed by atoms with Crippen LogP contribution in [-0.2, 0) is 10.0 Å². The Labute approximate surface area is 115 Å². The largest absolute Gasteiger partial charge is 0.393 e. The molecular weight excluding hydrogens is 262 g/mol. The maximum atomic E-state index is 12.6. The van der Waals surface area contributed by atoms with Crippen LogP contribution in [0.25, 0.3) is 0 Å². The van der Waals surface area contributed by atoms with Crippen LogP contribution < -0.4 is 0 Å². The van der Waals surface area contributed by atoms with Crippen molar-refractivity contribution in [2.45, 2.75) is 38.2 Å². The first-order chi connectivity index (χ1) is 8.82. The Hall–Kier alpha value is -0.910. The fraction of sp³-hybridized carbons (Fsp3) is 0.571. The van der Waals surface area contributed by atoms with Crippen molar-refractivity contribution in [2.24, 2.45) is 5.92 Å². The minimum atomic E-state index is -3.43. The number of sulfonamides is 1. The molecule has 0 saturated carbocycles. The Morgan fingerprint density at radius 1 is 1.37 bits per heavy atom. The van der Waals surface area contributed by atoms with Crippen molar-refractivity contribution >= 4 is 10.0 Å². The van der Waals surface area contributed by atoms with E-state index in [1.165, 1.54) is 4.31 Å². The third-order valence-electron chi connectivity index (χ3n) is 3.82. The Bertz CT molecular complexity index is 566. The summed E-state index contributed by atoms with van der Waals surface area (Å²) >= 11 is 0. The highest BCUT2D eigenvalue weighted by atomic mass is 32.2. The van der Waals surface area contributed by atoms with Crippen LogP contribution in [0.1, 0.15) is 24.5 Å². The van der Waals surface area contributed by atoms with Gasteiger partial charge in [-0.15, -0.1) is 0 Å². The number of aryl methyl sites for hydroxylation is 2. The summed E-state index contributed by atoms with van der Waals surface area (Å²) in [4.78, 5) is 0.379. The molecule has 106 valence electrons. The van der Waals surface area contributed by atoms with E-state index in [0.29, 0.717) is 18.0 Å². The normalized spacial score (nSPS) is 22.6. The van der Waals surface area contributed by atoms with Crippen LogP contribution in [0.2, 0.25) is 0 Å². The maximum absolute atomic E-state index is 12.6. The van der Waals surface area contributed by atoms with E-state index >= 15 is 0 Å². The quantitative estimate of drug-likeness (QED) is 0.918. The lowest BCUT2D eigenvalue weighted by molar-refractivity contribution is 0.133. The summed E-state index contributed by atoms with van der Waals surface area (Å²) in [6.45, 7) is 6.39. The molecule has 5 heteroatoms. The van der Waals surface area contributed by atoms with Gasteiger partial charge in [0.1, 0.15) is 0 Å². The molecule has 1 aliphatic rings. The molecule has 0 aromatic heterocycles. The van der Waals surface area contributed by atoms with E-state index < -0.39 is 16.1 Å². The molecule has 0 amide bonds. The van der Waals surface area contributed by atoms with Gasteiger partial charge in [0.05, 0.1) is 11.0 Å². The fourth-order valence-corrected chi connectivity index (χ4v) is 4.31. The molecule has 1 heterocycles. The molecule has 0 radical (unpaired) electrons. The van der Waals surface area contributed by atoms with E-state index in [9.17, 15) is 13.5 Å². The monoisotopic (exact) mass is 283 g/mol. The second kappa shape index (κ2) is 5.23. The zero-order chi connectivity index (χ0) is 14.2. The maximum Gasteiger partial charge on any atom is 0.243 e. The SMILES string of the molecule is Cc1ccc(S(=O)(=O)N2CCC(C(C)O)C2)c(C)c1. The summed E-state index contributed by atoms with van der Waals surface area (Å²) in [7, 11) is -3.43. The highest BCUT2D eigenvalue weighted by molar-refractivity contribution is 7.89. The van der Waals surface area contributed by atoms with Crippen LogP contribution in [0.15, 0.2) is 23.1 Å². The fourth-order valence-electron chi connectivity index (χ4n) is 2.59. The van der Waals surface area contributed by atoms with Crippen LogP contribution in [0, 0.1) is 19.8 Å². The van der Waals surface area contributed by atoms with Crippen LogP contribution in [0.4, 0.5) is 0 Å². The Morgan fingerprint density at radius 2 is 2.05 bits per heavy atom. The number of benzene rings is 1. The zero-order valence-corrected chi connectivity index (χ0v) is 12.4. The molecule has 4 nitrogen and oxygen atoms in total. The Balaban J connectivity index is 2.29. The first-order valence-corrected chi connectivity index (χ1v) is 8.02. The predicted molar refractivity (Wildman–Crippen MR) is 74.5 cm³/mol. The lowest BCUT2D eigenvalue weighted by Crippen LogP contribution is -2.31. The molecule has 1 aliphatic heterocycles.